The number of carbonyl (C=O) groups excluding carboxylic acids is 1. The van der Waals surface area contributed by atoms with Crippen LogP contribution in [0.5, 0.6) is 5.75 Å². The van der Waals surface area contributed by atoms with Gasteiger partial charge in [-0.3, -0.25) is 9.59 Å². The maximum absolute atomic E-state index is 12.4. The van der Waals surface area contributed by atoms with Crippen molar-refractivity contribution in [2.24, 2.45) is 0 Å². The number of H-pyrrole nitrogens is 1. The van der Waals surface area contributed by atoms with Gasteiger partial charge in [0.15, 0.2) is 0 Å². The number of carbonyl (C=O) groups is 1. The second kappa shape index (κ2) is 8.84. The van der Waals surface area contributed by atoms with Gasteiger partial charge in [-0.15, -0.1) is 11.8 Å². The first-order valence-corrected chi connectivity index (χ1v) is 10.3. The molecule has 6 nitrogen and oxygen atoms in total. The minimum atomic E-state index is -0.207. The standard InChI is InChI=1S/C23H19N3O3S/c1-29-17-6-4-5-15(13-17)22(27)24-16-9-11-18(12-10-16)30-14-21-23(28)26-20-8-3-2-7-19(20)25-21/h2-13H,14H2,1H3,(H,24,27)(H,26,28). The lowest BCUT2D eigenvalue weighted by atomic mass is 10.2. The van der Waals surface area contributed by atoms with E-state index in [0.29, 0.717) is 28.4 Å². The highest BCUT2D eigenvalue weighted by Gasteiger charge is 2.08. The summed E-state index contributed by atoms with van der Waals surface area (Å²) < 4.78 is 5.15. The van der Waals surface area contributed by atoms with Gasteiger partial charge >= 0.3 is 0 Å². The molecule has 0 fully saturated rings. The zero-order valence-corrected chi connectivity index (χ0v) is 17.0. The van der Waals surface area contributed by atoms with E-state index >= 15 is 0 Å². The van der Waals surface area contributed by atoms with Crippen molar-refractivity contribution < 1.29 is 9.53 Å². The van der Waals surface area contributed by atoms with Crippen molar-refractivity contribution in [1.29, 1.82) is 0 Å². The molecular formula is C23H19N3O3S. The summed E-state index contributed by atoms with van der Waals surface area (Å²) in [6.07, 6.45) is 0. The maximum atomic E-state index is 12.4. The van der Waals surface area contributed by atoms with Gasteiger partial charge in [-0.2, -0.15) is 0 Å². The average Bonchev–Trinajstić information content (AvgIpc) is 2.78. The molecule has 0 bridgehead atoms. The quantitative estimate of drug-likeness (QED) is 0.452. The first-order valence-electron chi connectivity index (χ1n) is 9.28. The number of hydrogen-bond donors (Lipinski definition) is 2. The minimum absolute atomic E-state index is 0.177. The molecule has 0 radical (unpaired) electrons. The second-order valence-corrected chi connectivity index (χ2v) is 7.58. The fraction of sp³-hybridized carbons (Fsp3) is 0.0870. The topological polar surface area (TPSA) is 84.1 Å². The molecule has 0 unspecified atom stereocenters. The predicted molar refractivity (Wildman–Crippen MR) is 119 cm³/mol. The van der Waals surface area contributed by atoms with Gasteiger partial charge in [0, 0.05) is 21.9 Å². The van der Waals surface area contributed by atoms with Gasteiger partial charge in [0.25, 0.3) is 11.5 Å². The number of aromatic nitrogens is 2. The number of benzene rings is 3. The van der Waals surface area contributed by atoms with Crippen molar-refractivity contribution in [3.05, 3.63) is 94.4 Å². The Bertz CT molecular complexity index is 1250. The summed E-state index contributed by atoms with van der Waals surface area (Å²) in [7, 11) is 1.56. The Morgan fingerprint density at radius 2 is 1.87 bits per heavy atom. The van der Waals surface area contributed by atoms with Crippen LogP contribution in [0.3, 0.4) is 0 Å². The van der Waals surface area contributed by atoms with E-state index in [1.165, 1.54) is 11.8 Å². The molecule has 1 amide bonds. The number of nitrogens with zero attached hydrogens (tertiary/aromatic N) is 1. The Morgan fingerprint density at radius 3 is 2.67 bits per heavy atom. The lowest BCUT2D eigenvalue weighted by molar-refractivity contribution is 0.102. The summed E-state index contributed by atoms with van der Waals surface area (Å²) in [6.45, 7) is 0. The molecule has 0 saturated carbocycles. The Morgan fingerprint density at radius 1 is 1.07 bits per heavy atom. The number of anilines is 1. The maximum Gasteiger partial charge on any atom is 0.271 e. The molecule has 1 aromatic heterocycles. The molecule has 3 aromatic carbocycles. The smallest absolute Gasteiger partial charge is 0.271 e. The fourth-order valence-corrected chi connectivity index (χ4v) is 3.75. The van der Waals surface area contributed by atoms with Crippen molar-refractivity contribution in [1.82, 2.24) is 9.97 Å². The van der Waals surface area contributed by atoms with Gasteiger partial charge in [-0.25, -0.2) is 4.98 Å². The molecule has 0 spiro atoms. The van der Waals surface area contributed by atoms with Crippen LogP contribution in [0.1, 0.15) is 16.1 Å². The van der Waals surface area contributed by atoms with Crippen LogP contribution >= 0.6 is 11.8 Å². The van der Waals surface area contributed by atoms with Crippen molar-refractivity contribution in [2.45, 2.75) is 10.6 Å². The summed E-state index contributed by atoms with van der Waals surface area (Å²) in [6, 6.07) is 21.9. The van der Waals surface area contributed by atoms with E-state index in [2.05, 4.69) is 15.3 Å². The van der Waals surface area contributed by atoms with Gasteiger partial charge in [-0.05, 0) is 54.6 Å². The SMILES string of the molecule is COc1cccc(C(=O)Nc2ccc(SCc3nc4ccccc4[nH]c3=O)cc2)c1. The number of nitrogens with one attached hydrogen (secondary N) is 2. The van der Waals surface area contributed by atoms with Crippen LogP contribution in [0.4, 0.5) is 5.69 Å². The van der Waals surface area contributed by atoms with Gasteiger partial charge in [0.05, 0.1) is 18.1 Å². The number of hydrogen-bond acceptors (Lipinski definition) is 5. The highest BCUT2D eigenvalue weighted by Crippen LogP contribution is 2.23. The lowest BCUT2D eigenvalue weighted by Gasteiger charge is -2.08. The number of thioether (sulfide) groups is 1. The number of methoxy groups -OCH3 is 1. The average molecular weight is 417 g/mol. The van der Waals surface area contributed by atoms with Crippen LogP contribution in [0.2, 0.25) is 0 Å². The third-order valence-corrected chi connectivity index (χ3v) is 5.51. The molecule has 30 heavy (non-hydrogen) atoms. The summed E-state index contributed by atoms with van der Waals surface area (Å²) in [5.74, 6) is 0.878. The monoisotopic (exact) mass is 417 g/mol. The lowest BCUT2D eigenvalue weighted by Crippen LogP contribution is -2.14. The Labute approximate surface area is 177 Å². The zero-order chi connectivity index (χ0) is 20.9. The van der Waals surface area contributed by atoms with Crippen molar-refractivity contribution in [2.75, 3.05) is 12.4 Å². The van der Waals surface area contributed by atoms with Crippen LogP contribution in [-0.4, -0.2) is 23.0 Å². The highest BCUT2D eigenvalue weighted by molar-refractivity contribution is 7.98. The molecule has 0 atom stereocenters. The Kier molecular flexibility index (Phi) is 5.81. The van der Waals surface area contributed by atoms with Gasteiger partial charge in [0.1, 0.15) is 11.4 Å². The molecule has 7 heteroatoms. The second-order valence-electron chi connectivity index (χ2n) is 6.53. The Hall–Kier alpha value is -3.58. The largest absolute Gasteiger partial charge is 0.497 e. The molecular weight excluding hydrogens is 398 g/mol. The number of fused-ring (bicyclic) bond motifs is 1. The van der Waals surface area contributed by atoms with E-state index in [1.54, 1.807) is 31.4 Å². The number of para-hydroxylation sites is 2. The third-order valence-electron chi connectivity index (χ3n) is 4.49. The highest BCUT2D eigenvalue weighted by atomic mass is 32.2. The Balaban J connectivity index is 1.41. The van der Waals surface area contributed by atoms with E-state index in [1.807, 2.05) is 48.5 Å². The van der Waals surface area contributed by atoms with E-state index in [9.17, 15) is 9.59 Å². The summed E-state index contributed by atoms with van der Waals surface area (Å²) in [5, 5.41) is 2.87. The van der Waals surface area contributed by atoms with Crippen molar-refractivity contribution in [3.8, 4) is 5.75 Å². The molecule has 0 aliphatic heterocycles. The van der Waals surface area contributed by atoms with E-state index < -0.39 is 0 Å². The van der Waals surface area contributed by atoms with Crippen LogP contribution < -0.4 is 15.6 Å². The predicted octanol–water partition coefficient (Wildman–Crippen LogP) is 4.48. The van der Waals surface area contributed by atoms with Crippen molar-refractivity contribution >= 4 is 34.4 Å². The number of rotatable bonds is 6. The molecule has 0 aliphatic rings. The van der Waals surface area contributed by atoms with Crippen molar-refractivity contribution in [3.63, 3.8) is 0 Å². The van der Waals surface area contributed by atoms with Gasteiger partial charge in [0.2, 0.25) is 0 Å². The third kappa shape index (κ3) is 4.52. The molecule has 0 saturated heterocycles. The number of amides is 1. The zero-order valence-electron chi connectivity index (χ0n) is 16.2. The summed E-state index contributed by atoms with van der Waals surface area (Å²) >= 11 is 1.51. The van der Waals surface area contributed by atoms with Crippen LogP contribution in [0.15, 0.2) is 82.5 Å². The molecule has 4 rings (SSSR count). The fourth-order valence-electron chi connectivity index (χ4n) is 2.92. The normalized spacial score (nSPS) is 10.7. The van der Waals surface area contributed by atoms with E-state index in [4.69, 9.17) is 4.74 Å². The molecule has 0 aliphatic carbocycles. The summed E-state index contributed by atoms with van der Waals surface area (Å²) in [5.41, 5.74) is 3.01. The first-order chi connectivity index (χ1) is 14.6. The number of ether oxygens (including phenoxy) is 1. The number of aromatic amines is 1. The molecule has 1 heterocycles. The van der Waals surface area contributed by atoms with Crippen LogP contribution in [-0.2, 0) is 5.75 Å². The van der Waals surface area contributed by atoms with E-state index in [-0.39, 0.29) is 11.5 Å². The van der Waals surface area contributed by atoms with E-state index in [0.717, 1.165) is 15.9 Å². The molecule has 2 N–H and O–H groups in total. The van der Waals surface area contributed by atoms with Gasteiger partial charge in [-0.1, -0.05) is 18.2 Å². The van der Waals surface area contributed by atoms with Crippen LogP contribution in [0.25, 0.3) is 11.0 Å². The van der Waals surface area contributed by atoms with Gasteiger partial charge < -0.3 is 15.0 Å². The van der Waals surface area contributed by atoms with Crippen LogP contribution in [0, 0.1) is 0 Å². The minimum Gasteiger partial charge on any atom is -0.497 e. The molecule has 150 valence electrons. The molecule has 4 aromatic rings. The summed E-state index contributed by atoms with van der Waals surface area (Å²) in [4.78, 5) is 32.9. The first kappa shape index (κ1) is 19.7.